The van der Waals surface area contributed by atoms with Crippen LogP contribution in [0.15, 0.2) is 40.1 Å². The number of ether oxygens (including phenoxy) is 6. The van der Waals surface area contributed by atoms with Gasteiger partial charge in [-0.25, -0.2) is 9.78 Å². The van der Waals surface area contributed by atoms with Crippen molar-refractivity contribution in [1.82, 2.24) is 4.98 Å². The number of hydrogen-bond acceptors (Lipinski definition) is 11. The van der Waals surface area contributed by atoms with Crippen molar-refractivity contribution in [3.8, 4) is 0 Å². The second kappa shape index (κ2) is 26.2. The van der Waals surface area contributed by atoms with E-state index in [1.165, 1.54) is 77.0 Å². The third kappa shape index (κ3) is 16.6. The van der Waals surface area contributed by atoms with Crippen LogP contribution in [0, 0.1) is 24.7 Å². The topological polar surface area (TPSA) is 139 Å². The SMILES string of the molecule is CCCCCCCCCCCCCCCCCC(=O)OC1CC(C(C)C(OC)/C(C)=C/C=C/C(C)=C/c2coc(C)n2)OC(=O)C2OC2CC2CC(=O)OC(C2)C(C)CCC2OC12C. The fourth-order valence-corrected chi connectivity index (χ4v) is 10.0. The minimum atomic E-state index is -0.765. The van der Waals surface area contributed by atoms with Crippen LogP contribution in [0.1, 0.15) is 194 Å². The van der Waals surface area contributed by atoms with Crippen molar-refractivity contribution in [2.24, 2.45) is 17.8 Å². The van der Waals surface area contributed by atoms with E-state index in [-0.39, 0.29) is 54.4 Å². The van der Waals surface area contributed by atoms with Gasteiger partial charge in [0.2, 0.25) is 0 Å². The van der Waals surface area contributed by atoms with Crippen LogP contribution in [0.25, 0.3) is 6.08 Å². The number of methoxy groups -OCH3 is 1. The predicted octanol–water partition coefficient (Wildman–Crippen LogP) is 12.1. The average Bonchev–Trinajstić information content (AvgIpc) is 4.13. The fraction of sp³-hybridized carbons (Fsp3) is 0.774. The number of nitrogens with zero attached hydrogens (tertiary/aromatic N) is 1. The molecule has 0 radical (unpaired) electrons. The molecular formula is C53H83NO10. The predicted molar refractivity (Wildman–Crippen MR) is 249 cm³/mol. The van der Waals surface area contributed by atoms with Crippen molar-refractivity contribution in [2.45, 2.75) is 238 Å². The van der Waals surface area contributed by atoms with Crippen LogP contribution < -0.4 is 0 Å². The molecule has 11 atom stereocenters. The van der Waals surface area contributed by atoms with E-state index in [1.54, 1.807) is 13.4 Å². The van der Waals surface area contributed by atoms with Gasteiger partial charge < -0.3 is 32.8 Å². The van der Waals surface area contributed by atoms with E-state index >= 15 is 0 Å². The summed E-state index contributed by atoms with van der Waals surface area (Å²) in [4.78, 5) is 44.7. The highest BCUT2D eigenvalue weighted by Gasteiger charge is 2.60. The molecule has 0 saturated carbocycles. The van der Waals surface area contributed by atoms with E-state index in [0.717, 1.165) is 55.4 Å². The van der Waals surface area contributed by atoms with Gasteiger partial charge in [0.1, 0.15) is 35.9 Å². The van der Waals surface area contributed by atoms with Gasteiger partial charge in [0, 0.05) is 39.2 Å². The Morgan fingerprint density at radius 3 is 2.17 bits per heavy atom. The highest BCUT2D eigenvalue weighted by atomic mass is 16.7. The Morgan fingerprint density at radius 2 is 1.55 bits per heavy atom. The van der Waals surface area contributed by atoms with Crippen molar-refractivity contribution in [3.05, 3.63) is 47.2 Å². The minimum Gasteiger partial charge on any atom is -0.462 e. The lowest BCUT2D eigenvalue weighted by atomic mass is 9.82. The van der Waals surface area contributed by atoms with Gasteiger partial charge in [0.25, 0.3) is 0 Å². The summed E-state index contributed by atoms with van der Waals surface area (Å²) >= 11 is 0. The zero-order valence-electron chi connectivity index (χ0n) is 40.7. The number of rotatable bonds is 24. The number of aryl methyl sites for hydroxylation is 1. The van der Waals surface area contributed by atoms with Gasteiger partial charge >= 0.3 is 17.9 Å². The molecule has 5 heterocycles. The number of oxazole rings is 1. The van der Waals surface area contributed by atoms with E-state index in [0.29, 0.717) is 25.2 Å². The molecule has 0 spiro atoms. The highest BCUT2D eigenvalue weighted by Crippen LogP contribution is 2.47. The highest BCUT2D eigenvalue weighted by molar-refractivity contribution is 5.78. The van der Waals surface area contributed by atoms with E-state index in [4.69, 9.17) is 32.8 Å². The summed E-state index contributed by atoms with van der Waals surface area (Å²) in [7, 11) is 1.66. The Balaban J connectivity index is 1.23. The van der Waals surface area contributed by atoms with Crippen molar-refractivity contribution < 1.29 is 47.2 Å². The molecule has 1 aromatic rings. The summed E-state index contributed by atoms with van der Waals surface area (Å²) in [6, 6.07) is 0. The molecule has 4 aliphatic rings. The summed E-state index contributed by atoms with van der Waals surface area (Å²) in [5.74, 6) is -0.402. The summed E-state index contributed by atoms with van der Waals surface area (Å²) in [6.45, 7) is 14.3. The van der Waals surface area contributed by atoms with Crippen LogP contribution in [0.2, 0.25) is 0 Å². The molecule has 1 aromatic heterocycles. The smallest absolute Gasteiger partial charge is 0.338 e. The molecule has 11 unspecified atom stereocenters. The Morgan fingerprint density at radius 1 is 0.906 bits per heavy atom. The van der Waals surface area contributed by atoms with E-state index in [1.807, 2.05) is 58.9 Å². The molecule has 4 fully saturated rings. The van der Waals surface area contributed by atoms with Crippen LogP contribution in [-0.2, 0) is 42.8 Å². The van der Waals surface area contributed by atoms with Gasteiger partial charge in [-0.2, -0.15) is 0 Å². The molecule has 11 heteroatoms. The van der Waals surface area contributed by atoms with E-state index < -0.39 is 36.0 Å². The molecule has 360 valence electrons. The molecule has 4 saturated heterocycles. The normalized spacial score (nSPS) is 29.9. The lowest BCUT2D eigenvalue weighted by Crippen LogP contribution is -2.43. The third-order valence-electron chi connectivity index (χ3n) is 14.3. The molecule has 0 N–H and O–H groups in total. The largest absolute Gasteiger partial charge is 0.462 e. The molecule has 4 aliphatic heterocycles. The number of carbonyl (C=O) groups excluding carboxylic acids is 3. The number of aromatic nitrogens is 1. The van der Waals surface area contributed by atoms with Gasteiger partial charge in [-0.1, -0.05) is 129 Å². The van der Waals surface area contributed by atoms with Crippen molar-refractivity contribution in [2.75, 3.05) is 7.11 Å². The van der Waals surface area contributed by atoms with Gasteiger partial charge in [-0.05, 0) is 81.9 Å². The van der Waals surface area contributed by atoms with Crippen LogP contribution in [0.3, 0.4) is 0 Å². The number of carbonyl (C=O) groups is 3. The number of cyclic esters (lactones) is 1. The molecule has 11 nitrogen and oxygen atoms in total. The number of epoxide rings is 2. The summed E-state index contributed by atoms with van der Waals surface area (Å²) in [6.07, 6.45) is 29.0. The average molecular weight is 894 g/mol. The van der Waals surface area contributed by atoms with Gasteiger partial charge in [0.05, 0.1) is 18.3 Å². The number of fused-ring (bicyclic) bond motifs is 4. The van der Waals surface area contributed by atoms with Crippen molar-refractivity contribution in [3.63, 3.8) is 0 Å². The van der Waals surface area contributed by atoms with Crippen LogP contribution >= 0.6 is 0 Å². The zero-order valence-corrected chi connectivity index (χ0v) is 40.7. The maximum Gasteiger partial charge on any atom is 0.338 e. The zero-order chi connectivity index (χ0) is 46.1. The Bertz CT molecular complexity index is 1700. The number of hydrogen-bond donors (Lipinski definition) is 0. The summed E-state index contributed by atoms with van der Waals surface area (Å²) in [5, 5.41) is 0. The van der Waals surface area contributed by atoms with Crippen molar-refractivity contribution in [1.29, 1.82) is 0 Å². The second-order valence-corrected chi connectivity index (χ2v) is 19.9. The number of unbranched alkanes of at least 4 members (excludes halogenated alkanes) is 14. The Hall–Kier alpha value is -3.28. The summed E-state index contributed by atoms with van der Waals surface area (Å²) in [5.41, 5.74) is 1.94. The molecule has 2 bridgehead atoms. The number of esters is 3. The first-order valence-electron chi connectivity index (χ1n) is 25.2. The molecular weight excluding hydrogens is 811 g/mol. The quantitative estimate of drug-likeness (QED) is 0.0322. The standard InChI is InChI=1S/C53H83NO10/c1-9-10-11-12-13-14-15-16-17-18-19-20-21-22-23-27-48(55)63-47-34-44(39(5)50(58-8)38(4)26-24-25-36(2)30-42-35-59-40(6)54-42)62-52(57)51-45(61-51)32-41-31-43(60-49(56)33-41)37(3)28-29-46-53(47,7)64-46/h24-26,30,35,37,39,41,43-47,50-51H,9-23,27-29,31-34H2,1-8H3/b25-24+,36-30+,38-26+. The first kappa shape index (κ1) is 51.7. The van der Waals surface area contributed by atoms with Crippen LogP contribution in [0.5, 0.6) is 0 Å². The van der Waals surface area contributed by atoms with E-state index in [9.17, 15) is 14.4 Å². The Kier molecular flexibility index (Phi) is 21.1. The fourth-order valence-electron chi connectivity index (χ4n) is 10.0. The second-order valence-electron chi connectivity index (χ2n) is 19.9. The Labute approximate surface area is 385 Å². The molecule has 0 aliphatic carbocycles. The monoisotopic (exact) mass is 894 g/mol. The maximum atomic E-state index is 13.9. The molecule has 64 heavy (non-hydrogen) atoms. The first-order valence-corrected chi connectivity index (χ1v) is 25.2. The molecule has 5 rings (SSSR count). The number of allylic oxidation sites excluding steroid dienone is 4. The third-order valence-corrected chi connectivity index (χ3v) is 14.3. The van der Waals surface area contributed by atoms with Crippen molar-refractivity contribution >= 4 is 24.0 Å². The van der Waals surface area contributed by atoms with Crippen LogP contribution in [0.4, 0.5) is 0 Å². The first-order chi connectivity index (χ1) is 30.8. The summed E-state index contributed by atoms with van der Waals surface area (Å²) < 4.78 is 42.5. The maximum absolute atomic E-state index is 13.9. The van der Waals surface area contributed by atoms with E-state index in [2.05, 4.69) is 18.8 Å². The lowest BCUT2D eigenvalue weighted by molar-refractivity contribution is -0.164. The molecule has 0 aromatic carbocycles. The molecule has 0 amide bonds. The van der Waals surface area contributed by atoms with Gasteiger partial charge in [0.15, 0.2) is 12.0 Å². The van der Waals surface area contributed by atoms with Crippen LogP contribution in [-0.4, -0.2) is 78.3 Å². The lowest BCUT2D eigenvalue weighted by Gasteiger charge is -2.34. The minimum absolute atomic E-state index is 0.0761. The van der Waals surface area contributed by atoms with Gasteiger partial charge in [-0.3, -0.25) is 9.59 Å². The van der Waals surface area contributed by atoms with Gasteiger partial charge in [-0.15, -0.1) is 0 Å².